The van der Waals surface area contributed by atoms with Crippen LogP contribution in [0.5, 0.6) is 5.75 Å². The molecule has 0 bridgehead atoms. The summed E-state index contributed by atoms with van der Waals surface area (Å²) in [4.78, 5) is 47.0. The summed E-state index contributed by atoms with van der Waals surface area (Å²) in [5.74, 6) is -0.644. The molecule has 2 aromatic rings. The van der Waals surface area contributed by atoms with Crippen LogP contribution in [-0.2, 0) is 20.9 Å². The Balaban J connectivity index is 1.84. The first-order valence-corrected chi connectivity index (χ1v) is 11.4. The molecule has 194 valence electrons. The Morgan fingerprint density at radius 2 is 1.64 bits per heavy atom. The lowest BCUT2D eigenvalue weighted by Gasteiger charge is -2.23. The van der Waals surface area contributed by atoms with Gasteiger partial charge in [-0.3, -0.25) is 10.1 Å². The maximum absolute atomic E-state index is 12.7. The van der Waals surface area contributed by atoms with Crippen molar-refractivity contribution in [3.05, 3.63) is 70.3 Å². The average Bonchev–Trinajstić information content (AvgIpc) is 2.81. The molecule has 0 radical (unpaired) electrons. The van der Waals surface area contributed by atoms with E-state index in [1.54, 1.807) is 20.8 Å². The zero-order valence-electron chi connectivity index (χ0n) is 20.5. The van der Waals surface area contributed by atoms with Crippen LogP contribution in [-0.4, -0.2) is 41.3 Å². The summed E-state index contributed by atoms with van der Waals surface area (Å²) in [6.07, 6.45) is -0.145. The molecule has 36 heavy (non-hydrogen) atoms. The fourth-order valence-electron chi connectivity index (χ4n) is 2.96. The van der Waals surface area contributed by atoms with E-state index in [1.165, 1.54) is 24.3 Å². The van der Waals surface area contributed by atoms with E-state index in [4.69, 9.17) is 14.2 Å². The number of nitrogens with one attached hydrogen (secondary N) is 2. The third-order valence-electron chi connectivity index (χ3n) is 4.64. The Hall–Kier alpha value is -4.15. The van der Waals surface area contributed by atoms with Gasteiger partial charge >= 0.3 is 18.2 Å². The number of nitro groups is 1. The van der Waals surface area contributed by atoms with E-state index in [2.05, 4.69) is 10.6 Å². The van der Waals surface area contributed by atoms with Crippen LogP contribution in [0.1, 0.15) is 45.6 Å². The number of amides is 2. The molecule has 0 aromatic heterocycles. The van der Waals surface area contributed by atoms with E-state index in [0.717, 1.165) is 5.56 Å². The third kappa shape index (κ3) is 10.9. The molecule has 0 aliphatic carbocycles. The number of benzene rings is 2. The maximum Gasteiger partial charge on any atom is 0.408 e. The van der Waals surface area contributed by atoms with Crippen molar-refractivity contribution in [2.24, 2.45) is 0 Å². The highest BCUT2D eigenvalue weighted by atomic mass is 16.6. The van der Waals surface area contributed by atoms with E-state index in [1.807, 2.05) is 30.3 Å². The molecule has 0 aliphatic heterocycles. The largest absolute Gasteiger partial charge is 0.445 e. The normalized spacial score (nSPS) is 11.6. The van der Waals surface area contributed by atoms with Crippen molar-refractivity contribution in [3.8, 4) is 5.75 Å². The standard InChI is InChI=1S/C25H31N3O8/c1-25(2,3)36-24(31)27-21(22(29)35-20-14-12-19(13-15-20)28(32)33)11-7-8-16-26-23(30)34-17-18-9-5-4-6-10-18/h4-6,9-10,12-15,21H,7-8,11,16-17H2,1-3H3,(H,26,30)(H,27,31)/t21-/m0/s1. The lowest BCUT2D eigenvalue weighted by atomic mass is 10.1. The molecule has 0 aliphatic rings. The van der Waals surface area contributed by atoms with Gasteiger partial charge in [-0.15, -0.1) is 0 Å². The number of nitrogens with zero attached hydrogens (tertiary/aromatic N) is 1. The van der Waals surface area contributed by atoms with Crippen LogP contribution in [0, 0.1) is 10.1 Å². The fraction of sp³-hybridized carbons (Fsp3) is 0.400. The number of hydrogen-bond acceptors (Lipinski definition) is 8. The Bertz CT molecular complexity index is 1020. The Kier molecular flexibility index (Phi) is 10.7. The number of hydrogen-bond donors (Lipinski definition) is 2. The van der Waals surface area contributed by atoms with Gasteiger partial charge in [0.1, 0.15) is 24.0 Å². The molecule has 11 nitrogen and oxygen atoms in total. The van der Waals surface area contributed by atoms with Crippen LogP contribution in [0.15, 0.2) is 54.6 Å². The molecular formula is C25H31N3O8. The summed E-state index contributed by atoms with van der Waals surface area (Å²) >= 11 is 0. The lowest BCUT2D eigenvalue weighted by molar-refractivity contribution is -0.384. The van der Waals surface area contributed by atoms with Crippen molar-refractivity contribution in [2.45, 2.75) is 58.3 Å². The van der Waals surface area contributed by atoms with Gasteiger partial charge in [0.2, 0.25) is 0 Å². The summed E-state index contributed by atoms with van der Waals surface area (Å²) < 4.78 is 15.7. The molecule has 0 unspecified atom stereocenters. The SMILES string of the molecule is CC(C)(C)OC(=O)N[C@@H](CCCCNC(=O)OCc1ccccc1)C(=O)Oc1ccc([N+](=O)[O-])cc1. The third-order valence-corrected chi connectivity index (χ3v) is 4.64. The summed E-state index contributed by atoms with van der Waals surface area (Å²) in [6.45, 7) is 5.55. The van der Waals surface area contributed by atoms with Crippen molar-refractivity contribution in [1.82, 2.24) is 10.6 Å². The first-order valence-electron chi connectivity index (χ1n) is 11.4. The van der Waals surface area contributed by atoms with Gasteiger partial charge in [-0.05, 0) is 57.7 Å². The van der Waals surface area contributed by atoms with Gasteiger partial charge in [0, 0.05) is 18.7 Å². The number of alkyl carbamates (subject to hydrolysis) is 2. The molecular weight excluding hydrogens is 470 g/mol. The molecule has 0 saturated carbocycles. The van der Waals surface area contributed by atoms with E-state index < -0.39 is 34.7 Å². The van der Waals surface area contributed by atoms with Gasteiger partial charge in [0.25, 0.3) is 5.69 Å². The molecule has 0 fully saturated rings. The molecule has 1 atom stereocenters. The summed E-state index contributed by atoms with van der Waals surface area (Å²) in [7, 11) is 0. The highest BCUT2D eigenvalue weighted by molar-refractivity contribution is 5.83. The quantitative estimate of drug-likeness (QED) is 0.151. The molecule has 0 heterocycles. The van der Waals surface area contributed by atoms with Crippen LogP contribution in [0.4, 0.5) is 15.3 Å². The van der Waals surface area contributed by atoms with Crippen LogP contribution >= 0.6 is 0 Å². The second kappa shape index (κ2) is 13.7. The fourth-order valence-corrected chi connectivity index (χ4v) is 2.96. The van der Waals surface area contributed by atoms with E-state index in [0.29, 0.717) is 19.4 Å². The smallest absolute Gasteiger partial charge is 0.408 e. The zero-order chi connectivity index (χ0) is 26.6. The molecule has 0 spiro atoms. The lowest BCUT2D eigenvalue weighted by Crippen LogP contribution is -2.45. The van der Waals surface area contributed by atoms with Gasteiger partial charge in [0.05, 0.1) is 4.92 Å². The summed E-state index contributed by atoms with van der Waals surface area (Å²) in [5.41, 5.74) is -0.0377. The monoisotopic (exact) mass is 501 g/mol. The number of rotatable bonds is 11. The molecule has 2 rings (SSSR count). The number of non-ortho nitro benzene ring substituents is 1. The van der Waals surface area contributed by atoms with Crippen molar-refractivity contribution >= 4 is 23.8 Å². The predicted molar refractivity (Wildman–Crippen MR) is 130 cm³/mol. The minimum Gasteiger partial charge on any atom is -0.445 e. The van der Waals surface area contributed by atoms with Gasteiger partial charge in [-0.25, -0.2) is 14.4 Å². The van der Waals surface area contributed by atoms with E-state index in [-0.39, 0.29) is 24.5 Å². The Morgan fingerprint density at radius 3 is 2.25 bits per heavy atom. The minimum absolute atomic E-state index is 0.101. The minimum atomic E-state index is -1.03. The van der Waals surface area contributed by atoms with E-state index in [9.17, 15) is 24.5 Å². The topological polar surface area (TPSA) is 146 Å². The van der Waals surface area contributed by atoms with Gasteiger partial charge < -0.3 is 24.8 Å². The number of ether oxygens (including phenoxy) is 3. The summed E-state index contributed by atoms with van der Waals surface area (Å²) in [5, 5.41) is 15.9. The highest BCUT2D eigenvalue weighted by Gasteiger charge is 2.26. The second-order valence-electron chi connectivity index (χ2n) is 8.86. The molecule has 2 amide bonds. The van der Waals surface area contributed by atoms with Crippen LogP contribution < -0.4 is 15.4 Å². The Labute approximate surface area is 209 Å². The first kappa shape index (κ1) is 28.1. The van der Waals surface area contributed by atoms with Crippen molar-refractivity contribution in [3.63, 3.8) is 0 Å². The maximum atomic E-state index is 12.7. The zero-order valence-corrected chi connectivity index (χ0v) is 20.5. The number of nitro benzene ring substituents is 1. The van der Waals surface area contributed by atoms with Crippen molar-refractivity contribution in [2.75, 3.05) is 6.54 Å². The molecule has 11 heteroatoms. The first-order chi connectivity index (χ1) is 17.0. The molecule has 2 aromatic carbocycles. The molecule has 2 N–H and O–H groups in total. The summed E-state index contributed by atoms with van der Waals surface area (Å²) in [6, 6.07) is 13.3. The van der Waals surface area contributed by atoms with Crippen LogP contribution in [0.25, 0.3) is 0 Å². The van der Waals surface area contributed by atoms with Crippen molar-refractivity contribution in [1.29, 1.82) is 0 Å². The second-order valence-corrected chi connectivity index (χ2v) is 8.86. The van der Waals surface area contributed by atoms with Crippen LogP contribution in [0.3, 0.4) is 0 Å². The van der Waals surface area contributed by atoms with Crippen LogP contribution in [0.2, 0.25) is 0 Å². The van der Waals surface area contributed by atoms with Gasteiger partial charge in [-0.2, -0.15) is 0 Å². The number of unbranched alkanes of at least 4 members (excludes halogenated alkanes) is 1. The number of esters is 1. The molecule has 0 saturated heterocycles. The number of carbonyl (C=O) groups is 3. The van der Waals surface area contributed by atoms with Gasteiger partial charge in [-0.1, -0.05) is 30.3 Å². The van der Waals surface area contributed by atoms with Gasteiger partial charge in [0.15, 0.2) is 0 Å². The number of carbonyl (C=O) groups excluding carboxylic acids is 3. The Morgan fingerprint density at radius 1 is 0.972 bits per heavy atom. The average molecular weight is 502 g/mol. The van der Waals surface area contributed by atoms with Crippen molar-refractivity contribution < 1.29 is 33.5 Å². The predicted octanol–water partition coefficient (Wildman–Crippen LogP) is 4.49. The highest BCUT2D eigenvalue weighted by Crippen LogP contribution is 2.18. The van der Waals surface area contributed by atoms with E-state index >= 15 is 0 Å².